The van der Waals surface area contributed by atoms with Gasteiger partial charge in [0, 0.05) is 49.0 Å². The molecule has 5 rings (SSSR count). The first kappa shape index (κ1) is 20.0. The van der Waals surface area contributed by atoms with Crippen molar-refractivity contribution in [3.8, 4) is 0 Å². The summed E-state index contributed by atoms with van der Waals surface area (Å²) in [6.07, 6.45) is 6.52. The van der Waals surface area contributed by atoms with Crippen LogP contribution in [-0.2, 0) is 6.54 Å². The number of pyridine rings is 1. The number of amides is 2. The second kappa shape index (κ2) is 8.28. The largest absolute Gasteiger partial charge is 0.347 e. The Morgan fingerprint density at radius 3 is 2.97 bits per heavy atom. The average molecular weight is 451 g/mol. The summed E-state index contributed by atoms with van der Waals surface area (Å²) in [4.78, 5) is 34.3. The molecule has 4 aromatic heterocycles. The smallest absolute Gasteiger partial charge is 0.264 e. The van der Waals surface area contributed by atoms with E-state index in [1.54, 1.807) is 6.20 Å². The Balaban J connectivity index is 1.20. The van der Waals surface area contributed by atoms with Gasteiger partial charge in [-0.2, -0.15) is 0 Å². The first-order valence-electron chi connectivity index (χ1n) is 10.2. The van der Waals surface area contributed by atoms with Crippen LogP contribution in [0.3, 0.4) is 0 Å². The number of aryl methyl sites for hydroxylation is 1. The van der Waals surface area contributed by atoms with Crippen molar-refractivity contribution in [2.75, 3.05) is 13.1 Å². The molecular formula is C23H22N4O2S2. The zero-order valence-electron chi connectivity index (χ0n) is 17.1. The van der Waals surface area contributed by atoms with E-state index in [4.69, 9.17) is 0 Å². The summed E-state index contributed by atoms with van der Waals surface area (Å²) < 4.78 is 1.94. The highest BCUT2D eigenvalue weighted by Crippen LogP contribution is 2.33. The highest BCUT2D eigenvalue weighted by Gasteiger charge is 2.30. The maximum Gasteiger partial charge on any atom is 0.264 e. The van der Waals surface area contributed by atoms with Crippen LogP contribution in [0.2, 0.25) is 0 Å². The van der Waals surface area contributed by atoms with Crippen molar-refractivity contribution in [2.45, 2.75) is 25.8 Å². The van der Waals surface area contributed by atoms with E-state index >= 15 is 0 Å². The molecule has 31 heavy (non-hydrogen) atoms. The second-order valence-corrected chi connectivity index (χ2v) is 9.81. The number of nitrogens with one attached hydrogen (secondary N) is 1. The van der Waals surface area contributed by atoms with Crippen molar-refractivity contribution in [1.82, 2.24) is 19.6 Å². The van der Waals surface area contributed by atoms with Gasteiger partial charge in [0.05, 0.1) is 9.75 Å². The molecule has 1 aliphatic heterocycles. The van der Waals surface area contributed by atoms with Crippen LogP contribution in [0.25, 0.3) is 5.65 Å². The molecule has 6 nitrogen and oxygen atoms in total. The summed E-state index contributed by atoms with van der Waals surface area (Å²) in [6.45, 7) is 3.91. The normalized spacial score (nSPS) is 16.2. The Bertz CT molecular complexity index is 1260. The summed E-state index contributed by atoms with van der Waals surface area (Å²) in [5.41, 5.74) is 2.92. The maximum atomic E-state index is 12.8. The number of imidazole rings is 1. The highest BCUT2D eigenvalue weighted by molar-refractivity contribution is 7.14. The Labute approximate surface area is 188 Å². The van der Waals surface area contributed by atoms with Crippen LogP contribution in [-0.4, -0.2) is 39.2 Å². The standard InChI is InChI=1S/C23H22N4O2S2/c1-15-6-11-30-21(15)23(29)27-9-5-17(14-27)18-2-3-19(31-18)22(28)25-13-16-4-8-26-10-7-24-20(26)12-16/h2-4,6-8,10-12,17H,5,9,13-14H2,1H3,(H,25,28). The molecular weight excluding hydrogens is 428 g/mol. The Hall–Kier alpha value is -2.97. The Morgan fingerprint density at radius 2 is 2.13 bits per heavy atom. The first-order chi connectivity index (χ1) is 15.1. The van der Waals surface area contributed by atoms with Crippen LogP contribution in [0, 0.1) is 6.92 Å². The van der Waals surface area contributed by atoms with Crippen molar-refractivity contribution in [2.24, 2.45) is 0 Å². The van der Waals surface area contributed by atoms with E-state index in [0.29, 0.717) is 23.9 Å². The molecule has 1 unspecified atom stereocenters. The zero-order valence-corrected chi connectivity index (χ0v) is 18.7. The van der Waals surface area contributed by atoms with Crippen LogP contribution in [0.15, 0.2) is 54.3 Å². The quantitative estimate of drug-likeness (QED) is 0.492. The predicted octanol–water partition coefficient (Wildman–Crippen LogP) is 4.33. The van der Waals surface area contributed by atoms with Crippen LogP contribution in [0.1, 0.15) is 47.7 Å². The highest BCUT2D eigenvalue weighted by atomic mass is 32.1. The van der Waals surface area contributed by atoms with E-state index in [2.05, 4.69) is 10.3 Å². The fourth-order valence-corrected chi connectivity index (χ4v) is 5.88. The van der Waals surface area contributed by atoms with Crippen molar-refractivity contribution >= 4 is 40.1 Å². The number of likely N-dealkylation sites (tertiary alicyclic amines) is 1. The van der Waals surface area contributed by atoms with E-state index < -0.39 is 0 Å². The molecule has 0 spiro atoms. The minimum atomic E-state index is -0.0698. The summed E-state index contributed by atoms with van der Waals surface area (Å²) in [6, 6.07) is 9.86. The number of aromatic nitrogens is 2. The van der Waals surface area contributed by atoms with E-state index in [9.17, 15) is 9.59 Å². The number of rotatable bonds is 5. The lowest BCUT2D eigenvalue weighted by atomic mass is 10.1. The molecule has 1 N–H and O–H groups in total. The van der Waals surface area contributed by atoms with Crippen molar-refractivity contribution in [1.29, 1.82) is 0 Å². The van der Waals surface area contributed by atoms with Gasteiger partial charge in [-0.1, -0.05) is 0 Å². The van der Waals surface area contributed by atoms with Crippen molar-refractivity contribution in [3.63, 3.8) is 0 Å². The van der Waals surface area contributed by atoms with E-state index in [0.717, 1.165) is 34.6 Å². The van der Waals surface area contributed by atoms with Gasteiger partial charge in [-0.25, -0.2) is 4.98 Å². The van der Waals surface area contributed by atoms with Gasteiger partial charge >= 0.3 is 0 Å². The molecule has 5 heterocycles. The molecule has 1 fully saturated rings. The summed E-state index contributed by atoms with van der Waals surface area (Å²) in [7, 11) is 0. The lowest BCUT2D eigenvalue weighted by Gasteiger charge is -2.15. The van der Waals surface area contributed by atoms with Crippen molar-refractivity contribution < 1.29 is 9.59 Å². The molecule has 158 valence electrons. The Kier molecular flexibility index (Phi) is 5.33. The molecule has 0 saturated carbocycles. The molecule has 0 aliphatic carbocycles. The van der Waals surface area contributed by atoms with Gasteiger partial charge in [0.15, 0.2) is 0 Å². The molecule has 0 radical (unpaired) electrons. The third-order valence-electron chi connectivity index (χ3n) is 5.70. The van der Waals surface area contributed by atoms with Crippen molar-refractivity contribution in [3.05, 3.63) is 80.1 Å². The average Bonchev–Trinajstić information content (AvgIpc) is 3.57. The molecule has 0 aromatic carbocycles. The predicted molar refractivity (Wildman–Crippen MR) is 123 cm³/mol. The van der Waals surface area contributed by atoms with Gasteiger partial charge in [0.2, 0.25) is 0 Å². The summed E-state index contributed by atoms with van der Waals surface area (Å²) in [5.74, 6) is 0.345. The minimum absolute atomic E-state index is 0.0698. The molecule has 4 aromatic rings. The topological polar surface area (TPSA) is 66.7 Å². The van der Waals surface area contributed by atoms with Gasteiger partial charge in [-0.05, 0) is 60.2 Å². The number of fused-ring (bicyclic) bond motifs is 1. The summed E-state index contributed by atoms with van der Waals surface area (Å²) in [5, 5.41) is 4.96. The molecule has 1 saturated heterocycles. The number of carbonyl (C=O) groups is 2. The van der Waals surface area contributed by atoms with Gasteiger partial charge in [-0.3, -0.25) is 9.59 Å². The van der Waals surface area contributed by atoms with E-state index in [1.165, 1.54) is 27.6 Å². The van der Waals surface area contributed by atoms with Crippen LogP contribution in [0.5, 0.6) is 0 Å². The van der Waals surface area contributed by atoms with Gasteiger partial charge in [0.1, 0.15) is 5.65 Å². The summed E-state index contributed by atoms with van der Waals surface area (Å²) >= 11 is 3.04. The van der Waals surface area contributed by atoms with Crippen LogP contribution >= 0.6 is 22.7 Å². The molecule has 2 amide bonds. The molecule has 1 atom stereocenters. The van der Waals surface area contributed by atoms with E-state index in [-0.39, 0.29) is 11.8 Å². The minimum Gasteiger partial charge on any atom is -0.347 e. The van der Waals surface area contributed by atoms with Crippen LogP contribution < -0.4 is 5.32 Å². The Morgan fingerprint density at radius 1 is 1.23 bits per heavy atom. The number of carbonyl (C=O) groups excluding carboxylic acids is 2. The number of hydrogen-bond donors (Lipinski definition) is 1. The third kappa shape index (κ3) is 4.00. The molecule has 0 bridgehead atoms. The van der Waals surface area contributed by atoms with E-state index in [1.807, 2.05) is 64.3 Å². The number of nitrogens with zero attached hydrogens (tertiary/aromatic N) is 3. The molecule has 8 heteroatoms. The number of hydrogen-bond acceptors (Lipinski definition) is 5. The zero-order chi connectivity index (χ0) is 21.4. The van der Waals surface area contributed by atoms with Gasteiger partial charge in [-0.15, -0.1) is 22.7 Å². The van der Waals surface area contributed by atoms with Gasteiger partial charge in [0.25, 0.3) is 11.8 Å². The SMILES string of the molecule is Cc1ccsc1C(=O)N1CCC(c2ccc(C(=O)NCc3ccn4ccnc4c3)s2)C1. The second-order valence-electron chi connectivity index (χ2n) is 7.78. The molecule has 1 aliphatic rings. The fraction of sp³-hybridized carbons (Fsp3) is 0.261. The lowest BCUT2D eigenvalue weighted by molar-refractivity contribution is 0.0794. The fourth-order valence-electron chi connectivity index (χ4n) is 3.94. The maximum absolute atomic E-state index is 12.8. The van der Waals surface area contributed by atoms with Crippen LogP contribution in [0.4, 0.5) is 0 Å². The third-order valence-corrected chi connectivity index (χ3v) is 7.95. The lowest BCUT2D eigenvalue weighted by Crippen LogP contribution is -2.28. The van der Waals surface area contributed by atoms with Gasteiger partial charge < -0.3 is 14.6 Å². The monoisotopic (exact) mass is 450 g/mol. The first-order valence-corrected chi connectivity index (χ1v) is 11.9. The number of thiophene rings is 2.